The summed E-state index contributed by atoms with van der Waals surface area (Å²) in [5.41, 5.74) is 2.70. The maximum Gasteiger partial charge on any atom is 0.000836 e. The molecule has 0 aromatic heterocycles. The van der Waals surface area contributed by atoms with Gasteiger partial charge in [0.1, 0.15) is 0 Å². The largest absolute Gasteiger partial charge is 0.163 e. The quantitative estimate of drug-likeness (QED) is 0.539. The molecular formula is C21H22S. The Morgan fingerprint density at radius 2 is 1.14 bits per heavy atom. The van der Waals surface area contributed by atoms with Gasteiger partial charge in [-0.05, 0) is 65.8 Å². The zero-order valence-corrected chi connectivity index (χ0v) is 14.2. The highest BCUT2D eigenvalue weighted by Crippen LogP contribution is 2.66. The summed E-state index contributed by atoms with van der Waals surface area (Å²) in [5, 5.41) is 0. The van der Waals surface area contributed by atoms with Crippen LogP contribution in [0.15, 0.2) is 93.5 Å². The van der Waals surface area contributed by atoms with Gasteiger partial charge in [0.15, 0.2) is 0 Å². The Labute approximate surface area is 135 Å². The third kappa shape index (κ3) is 2.57. The van der Waals surface area contributed by atoms with E-state index >= 15 is 0 Å². The van der Waals surface area contributed by atoms with E-state index in [4.69, 9.17) is 0 Å². The van der Waals surface area contributed by atoms with E-state index < -0.39 is 10.0 Å². The van der Waals surface area contributed by atoms with Gasteiger partial charge in [-0.15, -0.1) is 0 Å². The summed E-state index contributed by atoms with van der Waals surface area (Å²) in [6.07, 6.45) is 2.41. The molecule has 3 rings (SSSR count). The van der Waals surface area contributed by atoms with Crippen molar-refractivity contribution < 1.29 is 0 Å². The first-order valence-electron chi connectivity index (χ1n) is 7.58. The van der Waals surface area contributed by atoms with Crippen molar-refractivity contribution in [2.45, 2.75) is 28.5 Å². The van der Waals surface area contributed by atoms with E-state index in [1.54, 1.807) is 0 Å². The number of aryl methyl sites for hydroxylation is 2. The van der Waals surface area contributed by atoms with Gasteiger partial charge in [0.05, 0.1) is 0 Å². The third-order valence-electron chi connectivity index (χ3n) is 4.20. The van der Waals surface area contributed by atoms with E-state index in [0.717, 1.165) is 0 Å². The van der Waals surface area contributed by atoms with Crippen LogP contribution < -0.4 is 0 Å². The van der Waals surface area contributed by atoms with E-state index in [2.05, 4.69) is 99.0 Å². The lowest BCUT2D eigenvalue weighted by atomic mass is 10.2. The second kappa shape index (κ2) is 6.02. The zero-order valence-electron chi connectivity index (χ0n) is 13.4. The lowest BCUT2D eigenvalue weighted by Crippen LogP contribution is -2.03. The van der Waals surface area contributed by atoms with Crippen molar-refractivity contribution >= 4 is 10.0 Å². The van der Waals surface area contributed by atoms with Crippen molar-refractivity contribution in [1.82, 2.24) is 0 Å². The van der Waals surface area contributed by atoms with E-state index in [9.17, 15) is 0 Å². The van der Waals surface area contributed by atoms with Crippen LogP contribution in [-0.2, 0) is 0 Å². The highest BCUT2D eigenvalue weighted by Gasteiger charge is 2.26. The predicted octanol–water partition coefficient (Wildman–Crippen LogP) is 6.21. The molecule has 112 valence electrons. The Hall–Kier alpha value is -1.99. The van der Waals surface area contributed by atoms with Crippen LogP contribution >= 0.6 is 10.0 Å². The maximum atomic E-state index is 2.41. The molecule has 22 heavy (non-hydrogen) atoms. The number of rotatable bonds is 3. The molecule has 0 radical (unpaired) electrons. The molecule has 3 aromatic rings. The molecule has 0 amide bonds. The Kier molecular flexibility index (Phi) is 4.08. The summed E-state index contributed by atoms with van der Waals surface area (Å²) in [4.78, 5) is 4.27. The smallest absolute Gasteiger partial charge is 0.000836 e. The first kappa shape index (κ1) is 14.9. The van der Waals surface area contributed by atoms with Gasteiger partial charge in [-0.1, -0.05) is 54.1 Å². The summed E-state index contributed by atoms with van der Waals surface area (Å²) >= 11 is 0. The molecule has 0 heterocycles. The second-order valence-electron chi connectivity index (χ2n) is 5.81. The molecule has 0 bridgehead atoms. The van der Waals surface area contributed by atoms with Gasteiger partial charge in [0, 0.05) is 4.90 Å². The van der Waals surface area contributed by atoms with Crippen molar-refractivity contribution in [1.29, 1.82) is 0 Å². The summed E-state index contributed by atoms with van der Waals surface area (Å²) in [6, 6.07) is 28.7. The van der Waals surface area contributed by atoms with Crippen LogP contribution in [0, 0.1) is 13.8 Å². The fraction of sp³-hybridized carbons (Fsp3) is 0.143. The van der Waals surface area contributed by atoms with Gasteiger partial charge in [0.2, 0.25) is 0 Å². The van der Waals surface area contributed by atoms with Crippen LogP contribution in [0.3, 0.4) is 0 Å². The molecule has 0 N–H and O–H groups in total. The summed E-state index contributed by atoms with van der Waals surface area (Å²) in [6.45, 7) is 4.40. The standard InChI is InChI=1S/C21H22S/c1-17-14-15-21(18(2)16-17)22(3,19-10-6-4-7-11-19)20-12-8-5-9-13-20/h4-16H,1-3H3. The van der Waals surface area contributed by atoms with Crippen molar-refractivity contribution in [3.8, 4) is 0 Å². The number of hydrogen-bond acceptors (Lipinski definition) is 0. The van der Waals surface area contributed by atoms with E-state index in [1.165, 1.54) is 25.8 Å². The Bertz CT molecular complexity index is 721. The number of benzene rings is 3. The third-order valence-corrected chi connectivity index (χ3v) is 7.97. The topological polar surface area (TPSA) is 0 Å². The molecular weight excluding hydrogens is 284 g/mol. The molecule has 0 aliphatic carbocycles. The Balaban J connectivity index is 2.28. The zero-order chi connectivity index (χ0) is 15.6. The predicted molar refractivity (Wildman–Crippen MR) is 97.1 cm³/mol. The van der Waals surface area contributed by atoms with Gasteiger partial charge in [-0.3, -0.25) is 0 Å². The van der Waals surface area contributed by atoms with Crippen LogP contribution in [-0.4, -0.2) is 6.26 Å². The molecule has 0 nitrogen and oxygen atoms in total. The fourth-order valence-electron chi connectivity index (χ4n) is 3.03. The van der Waals surface area contributed by atoms with Gasteiger partial charge in [-0.2, -0.15) is 10.0 Å². The molecule has 0 unspecified atom stereocenters. The summed E-state index contributed by atoms with van der Waals surface area (Å²) < 4.78 is 0. The molecule has 0 aliphatic rings. The first-order chi connectivity index (χ1) is 10.6. The fourth-order valence-corrected chi connectivity index (χ4v) is 6.26. The van der Waals surface area contributed by atoms with Gasteiger partial charge >= 0.3 is 0 Å². The summed E-state index contributed by atoms with van der Waals surface area (Å²) in [7, 11) is -1.22. The lowest BCUT2D eigenvalue weighted by molar-refractivity contribution is 1.21. The van der Waals surface area contributed by atoms with Crippen LogP contribution in [0.5, 0.6) is 0 Å². The Morgan fingerprint density at radius 1 is 0.636 bits per heavy atom. The van der Waals surface area contributed by atoms with Crippen LogP contribution in [0.25, 0.3) is 0 Å². The molecule has 0 spiro atoms. The minimum Gasteiger partial charge on any atom is -0.163 e. The SMILES string of the molecule is Cc1ccc(S(C)(c2ccccc2)c2ccccc2)c(C)c1. The van der Waals surface area contributed by atoms with Crippen LogP contribution in [0.4, 0.5) is 0 Å². The normalized spacial score (nSPS) is 12.1. The van der Waals surface area contributed by atoms with Crippen LogP contribution in [0.1, 0.15) is 11.1 Å². The minimum absolute atomic E-state index is 1.22. The van der Waals surface area contributed by atoms with Crippen molar-refractivity contribution in [2.75, 3.05) is 6.26 Å². The maximum absolute atomic E-state index is 2.41. The van der Waals surface area contributed by atoms with E-state index in [0.29, 0.717) is 0 Å². The second-order valence-corrected chi connectivity index (χ2v) is 9.03. The number of hydrogen-bond donors (Lipinski definition) is 0. The summed E-state index contributed by atoms with van der Waals surface area (Å²) in [5.74, 6) is 0. The molecule has 0 atom stereocenters. The monoisotopic (exact) mass is 306 g/mol. The highest BCUT2D eigenvalue weighted by atomic mass is 32.3. The van der Waals surface area contributed by atoms with Crippen molar-refractivity contribution in [3.05, 3.63) is 90.0 Å². The molecule has 0 aliphatic heterocycles. The molecule has 0 saturated heterocycles. The van der Waals surface area contributed by atoms with Gasteiger partial charge in [-0.25, -0.2) is 0 Å². The molecule has 1 heteroatoms. The van der Waals surface area contributed by atoms with Gasteiger partial charge in [0.25, 0.3) is 0 Å². The average Bonchev–Trinajstić information content (AvgIpc) is 2.56. The van der Waals surface area contributed by atoms with Gasteiger partial charge < -0.3 is 0 Å². The Morgan fingerprint density at radius 3 is 1.59 bits per heavy atom. The molecule has 0 saturated carbocycles. The van der Waals surface area contributed by atoms with Crippen molar-refractivity contribution in [2.24, 2.45) is 0 Å². The lowest BCUT2D eigenvalue weighted by Gasteiger charge is -2.38. The first-order valence-corrected chi connectivity index (χ1v) is 9.62. The molecule has 3 aromatic carbocycles. The molecule has 0 fully saturated rings. The highest BCUT2D eigenvalue weighted by molar-refractivity contribution is 8.33. The van der Waals surface area contributed by atoms with E-state index in [1.807, 2.05) is 0 Å². The van der Waals surface area contributed by atoms with E-state index in [-0.39, 0.29) is 0 Å². The van der Waals surface area contributed by atoms with Crippen LogP contribution in [0.2, 0.25) is 0 Å². The average molecular weight is 306 g/mol. The van der Waals surface area contributed by atoms with Crippen molar-refractivity contribution in [3.63, 3.8) is 0 Å². The minimum atomic E-state index is -1.22.